The molecule has 0 atom stereocenters. The maximum Gasteiger partial charge on any atom is 0.261 e. The number of benzene rings is 2. The topological polar surface area (TPSA) is 58.6 Å². The number of rotatable bonds is 7. The SMILES string of the molecule is CC(=O)c1ccc(-c2ccc(-c3csc(C(=O)NCCN4CCOCC4)c3)cc2)cc1. The summed E-state index contributed by atoms with van der Waals surface area (Å²) in [6.07, 6.45) is 0. The van der Waals surface area contributed by atoms with E-state index in [0.29, 0.717) is 6.54 Å². The van der Waals surface area contributed by atoms with Crippen molar-refractivity contribution in [3.05, 3.63) is 70.4 Å². The number of nitrogens with zero attached hydrogens (tertiary/aromatic N) is 1. The van der Waals surface area contributed by atoms with Gasteiger partial charge in [0, 0.05) is 31.7 Å². The largest absolute Gasteiger partial charge is 0.379 e. The summed E-state index contributed by atoms with van der Waals surface area (Å²) in [5.74, 6) is 0.0481. The van der Waals surface area contributed by atoms with E-state index in [4.69, 9.17) is 4.74 Å². The molecule has 0 spiro atoms. The summed E-state index contributed by atoms with van der Waals surface area (Å²) < 4.78 is 5.35. The van der Waals surface area contributed by atoms with Crippen LogP contribution in [0.25, 0.3) is 22.3 Å². The maximum absolute atomic E-state index is 12.5. The highest BCUT2D eigenvalue weighted by molar-refractivity contribution is 7.12. The molecule has 0 aliphatic carbocycles. The van der Waals surface area contributed by atoms with Crippen LogP contribution in [-0.2, 0) is 4.74 Å². The number of amides is 1. The first-order valence-electron chi connectivity index (χ1n) is 10.5. The lowest BCUT2D eigenvalue weighted by Gasteiger charge is -2.26. The van der Waals surface area contributed by atoms with Crippen molar-refractivity contribution in [2.75, 3.05) is 39.4 Å². The van der Waals surface area contributed by atoms with Crippen LogP contribution in [0.2, 0.25) is 0 Å². The molecule has 1 saturated heterocycles. The summed E-state index contributed by atoms with van der Waals surface area (Å²) in [4.78, 5) is 26.9. The first-order chi connectivity index (χ1) is 15.1. The summed E-state index contributed by atoms with van der Waals surface area (Å²) in [6, 6.07) is 17.9. The normalized spacial score (nSPS) is 14.4. The van der Waals surface area contributed by atoms with Gasteiger partial charge in [0.2, 0.25) is 0 Å². The number of nitrogens with one attached hydrogen (secondary N) is 1. The maximum atomic E-state index is 12.5. The fourth-order valence-corrected chi connectivity index (χ4v) is 4.43. The van der Waals surface area contributed by atoms with Gasteiger partial charge >= 0.3 is 0 Å². The Balaban J connectivity index is 1.35. The highest BCUT2D eigenvalue weighted by atomic mass is 32.1. The van der Waals surface area contributed by atoms with Crippen LogP contribution < -0.4 is 5.32 Å². The number of thiophene rings is 1. The predicted octanol–water partition coefficient (Wildman–Crippen LogP) is 4.35. The molecular formula is C25H26N2O3S. The van der Waals surface area contributed by atoms with E-state index in [1.165, 1.54) is 11.3 Å². The Hall–Kier alpha value is -2.80. The van der Waals surface area contributed by atoms with Gasteiger partial charge in [-0.3, -0.25) is 14.5 Å². The van der Waals surface area contributed by atoms with Crippen LogP contribution in [0, 0.1) is 0 Å². The van der Waals surface area contributed by atoms with Crippen LogP contribution in [0.3, 0.4) is 0 Å². The molecule has 1 aliphatic rings. The summed E-state index contributed by atoms with van der Waals surface area (Å²) >= 11 is 1.47. The third kappa shape index (κ3) is 5.47. The highest BCUT2D eigenvalue weighted by Gasteiger charge is 2.13. The third-order valence-corrected chi connectivity index (χ3v) is 6.41. The van der Waals surface area contributed by atoms with Gasteiger partial charge in [0.15, 0.2) is 5.78 Å². The van der Waals surface area contributed by atoms with Crippen molar-refractivity contribution in [2.24, 2.45) is 0 Å². The molecule has 6 heteroatoms. The van der Waals surface area contributed by atoms with Gasteiger partial charge in [-0.2, -0.15) is 0 Å². The van der Waals surface area contributed by atoms with Gasteiger partial charge in [-0.15, -0.1) is 11.3 Å². The molecule has 31 heavy (non-hydrogen) atoms. The van der Waals surface area contributed by atoms with E-state index in [-0.39, 0.29) is 11.7 Å². The molecule has 1 amide bonds. The van der Waals surface area contributed by atoms with E-state index in [9.17, 15) is 9.59 Å². The van der Waals surface area contributed by atoms with Crippen molar-refractivity contribution in [3.8, 4) is 22.3 Å². The lowest BCUT2D eigenvalue weighted by molar-refractivity contribution is 0.0383. The Morgan fingerprint density at radius 2 is 1.52 bits per heavy atom. The molecule has 4 rings (SSSR count). The molecule has 1 aliphatic heterocycles. The van der Waals surface area contributed by atoms with Gasteiger partial charge in [0.1, 0.15) is 0 Å². The fraction of sp³-hybridized carbons (Fsp3) is 0.280. The van der Waals surface area contributed by atoms with Crippen molar-refractivity contribution >= 4 is 23.0 Å². The number of hydrogen-bond donors (Lipinski definition) is 1. The minimum Gasteiger partial charge on any atom is -0.379 e. The van der Waals surface area contributed by atoms with E-state index < -0.39 is 0 Å². The number of ether oxygens (including phenoxy) is 1. The average Bonchev–Trinajstić information content (AvgIpc) is 3.30. The minimum absolute atomic E-state index is 0.0216. The quantitative estimate of drug-likeness (QED) is 0.562. The zero-order valence-electron chi connectivity index (χ0n) is 17.6. The summed E-state index contributed by atoms with van der Waals surface area (Å²) in [6.45, 7) is 6.45. The van der Waals surface area contributed by atoms with Crippen molar-refractivity contribution in [2.45, 2.75) is 6.92 Å². The van der Waals surface area contributed by atoms with E-state index >= 15 is 0 Å². The molecular weight excluding hydrogens is 408 g/mol. The van der Waals surface area contributed by atoms with E-state index in [2.05, 4.69) is 34.5 Å². The van der Waals surface area contributed by atoms with Crippen LogP contribution in [0.4, 0.5) is 0 Å². The smallest absolute Gasteiger partial charge is 0.261 e. The highest BCUT2D eigenvalue weighted by Crippen LogP contribution is 2.28. The number of carbonyl (C=O) groups is 2. The number of hydrogen-bond acceptors (Lipinski definition) is 5. The molecule has 3 aromatic rings. The molecule has 2 heterocycles. The second-order valence-electron chi connectivity index (χ2n) is 7.62. The van der Waals surface area contributed by atoms with Gasteiger partial charge in [-0.1, -0.05) is 48.5 Å². The molecule has 1 aromatic heterocycles. The second kappa shape index (κ2) is 10.0. The first-order valence-corrected chi connectivity index (χ1v) is 11.4. The Morgan fingerprint density at radius 1 is 0.935 bits per heavy atom. The van der Waals surface area contributed by atoms with Crippen molar-refractivity contribution in [1.82, 2.24) is 10.2 Å². The van der Waals surface area contributed by atoms with Crippen LogP contribution >= 0.6 is 11.3 Å². The minimum atomic E-state index is -0.0216. The lowest BCUT2D eigenvalue weighted by Crippen LogP contribution is -2.41. The molecule has 0 saturated carbocycles. The molecule has 5 nitrogen and oxygen atoms in total. The van der Waals surface area contributed by atoms with Crippen molar-refractivity contribution in [3.63, 3.8) is 0 Å². The molecule has 0 unspecified atom stereocenters. The average molecular weight is 435 g/mol. The monoisotopic (exact) mass is 434 g/mol. The Bertz CT molecular complexity index is 1040. The van der Waals surface area contributed by atoms with Crippen molar-refractivity contribution < 1.29 is 14.3 Å². The molecule has 2 aromatic carbocycles. The number of Topliss-reactive ketones (excluding diaryl/α,β-unsaturated/α-hetero) is 1. The van der Waals surface area contributed by atoms with Gasteiger partial charge < -0.3 is 10.1 Å². The van der Waals surface area contributed by atoms with Crippen LogP contribution in [0.5, 0.6) is 0 Å². The van der Waals surface area contributed by atoms with E-state index in [0.717, 1.165) is 65.5 Å². The van der Waals surface area contributed by atoms with Crippen LogP contribution in [0.15, 0.2) is 60.0 Å². The van der Waals surface area contributed by atoms with Gasteiger partial charge in [0.05, 0.1) is 18.1 Å². The van der Waals surface area contributed by atoms with E-state index in [1.54, 1.807) is 6.92 Å². The van der Waals surface area contributed by atoms with Crippen molar-refractivity contribution in [1.29, 1.82) is 0 Å². The van der Waals surface area contributed by atoms with Crippen LogP contribution in [0.1, 0.15) is 27.0 Å². The molecule has 0 bridgehead atoms. The molecule has 1 fully saturated rings. The summed E-state index contributed by atoms with van der Waals surface area (Å²) in [5, 5.41) is 5.04. The second-order valence-corrected chi connectivity index (χ2v) is 8.53. The van der Waals surface area contributed by atoms with Gasteiger partial charge in [0.25, 0.3) is 5.91 Å². The molecule has 160 valence electrons. The predicted molar refractivity (Wildman–Crippen MR) is 125 cm³/mol. The first kappa shape index (κ1) is 21.4. The Morgan fingerprint density at radius 3 is 2.13 bits per heavy atom. The lowest BCUT2D eigenvalue weighted by atomic mass is 10.00. The number of carbonyl (C=O) groups excluding carboxylic acids is 2. The van der Waals surface area contributed by atoms with E-state index in [1.807, 2.05) is 35.7 Å². The van der Waals surface area contributed by atoms with Gasteiger partial charge in [-0.25, -0.2) is 0 Å². The summed E-state index contributed by atoms with van der Waals surface area (Å²) in [5.41, 5.74) is 5.00. The third-order valence-electron chi connectivity index (χ3n) is 5.48. The molecule has 0 radical (unpaired) electrons. The molecule has 1 N–H and O–H groups in total. The van der Waals surface area contributed by atoms with Gasteiger partial charge in [-0.05, 0) is 40.6 Å². The summed E-state index contributed by atoms with van der Waals surface area (Å²) in [7, 11) is 0. The zero-order chi connectivity index (χ0) is 21.6. The number of ketones is 1. The Kier molecular flexibility index (Phi) is 6.92. The number of morpholine rings is 1. The van der Waals surface area contributed by atoms with Crippen LogP contribution in [-0.4, -0.2) is 56.0 Å². The standard InChI is InChI=1S/C25H26N2O3S/c1-18(28)19-2-4-20(5-3-19)21-6-8-22(9-7-21)23-16-24(31-17-23)25(29)26-10-11-27-12-14-30-15-13-27/h2-9,16-17H,10-15H2,1H3,(H,26,29). The zero-order valence-corrected chi connectivity index (χ0v) is 18.4. The fourth-order valence-electron chi connectivity index (χ4n) is 3.60. The Labute approximate surface area is 186 Å².